The van der Waals surface area contributed by atoms with Crippen molar-refractivity contribution in [2.24, 2.45) is 5.73 Å². The molecular weight excluding hydrogens is 220 g/mol. The lowest BCUT2D eigenvalue weighted by Gasteiger charge is -2.16. The zero-order valence-corrected chi connectivity index (χ0v) is 11.0. The molecule has 0 aromatic carbocycles. The van der Waals surface area contributed by atoms with Crippen LogP contribution < -0.4 is 11.1 Å². The monoisotopic (exact) mass is 238 g/mol. The van der Waals surface area contributed by atoms with E-state index in [0.717, 1.165) is 23.2 Å². The number of nitrogens with two attached hydrogens (primary N) is 1. The molecule has 0 amide bonds. The first kappa shape index (κ1) is 12.8. The minimum absolute atomic E-state index is 0.324. The first-order valence-corrected chi connectivity index (χ1v) is 5.78. The van der Waals surface area contributed by atoms with Crippen molar-refractivity contribution in [3.05, 3.63) is 16.8 Å². The van der Waals surface area contributed by atoms with Gasteiger partial charge in [0.15, 0.2) is 5.82 Å². The van der Waals surface area contributed by atoms with Gasteiger partial charge in [0.25, 0.3) is 0 Å². The summed E-state index contributed by atoms with van der Waals surface area (Å²) in [4.78, 5) is 0.362. The number of nitrogens with one attached hydrogen (secondary N) is 1. The Bertz CT molecular complexity index is 403. The molecule has 0 saturated heterocycles. The third-order valence-corrected chi connectivity index (χ3v) is 2.90. The molecule has 0 aliphatic carbocycles. The van der Waals surface area contributed by atoms with Crippen molar-refractivity contribution in [2.75, 3.05) is 5.32 Å². The van der Waals surface area contributed by atoms with E-state index in [0.29, 0.717) is 16.8 Å². The molecule has 0 aliphatic rings. The summed E-state index contributed by atoms with van der Waals surface area (Å²) in [5.74, 6) is 0.685. The lowest BCUT2D eigenvalue weighted by atomic mass is 10.1. The summed E-state index contributed by atoms with van der Waals surface area (Å²) in [7, 11) is 0. The molecule has 0 aliphatic heterocycles. The average molecular weight is 238 g/mol. The topological polar surface area (TPSA) is 63.8 Å². The highest BCUT2D eigenvalue weighted by molar-refractivity contribution is 7.80. The molecular formula is C11H18N4S. The molecule has 1 unspecified atom stereocenters. The molecule has 0 fully saturated rings. The number of rotatable bonds is 4. The number of hydrogen-bond acceptors (Lipinski definition) is 4. The predicted molar refractivity (Wildman–Crippen MR) is 70.8 cm³/mol. The van der Waals surface area contributed by atoms with Gasteiger partial charge in [-0.25, -0.2) is 0 Å². The van der Waals surface area contributed by atoms with Crippen LogP contribution in [0, 0.1) is 13.8 Å². The van der Waals surface area contributed by atoms with Crippen LogP contribution in [0.2, 0.25) is 0 Å². The molecule has 1 atom stereocenters. The fourth-order valence-electron chi connectivity index (χ4n) is 1.35. The van der Waals surface area contributed by atoms with Crippen LogP contribution in [0.5, 0.6) is 0 Å². The quantitative estimate of drug-likeness (QED) is 0.785. The van der Waals surface area contributed by atoms with E-state index in [-0.39, 0.29) is 0 Å². The van der Waals surface area contributed by atoms with Gasteiger partial charge < -0.3 is 11.1 Å². The van der Waals surface area contributed by atoms with E-state index in [2.05, 4.69) is 29.4 Å². The second kappa shape index (κ2) is 5.21. The molecule has 0 bridgehead atoms. The molecule has 1 aromatic rings. The zero-order chi connectivity index (χ0) is 12.3. The van der Waals surface area contributed by atoms with Gasteiger partial charge in [0.1, 0.15) is 4.99 Å². The van der Waals surface area contributed by atoms with Crippen molar-refractivity contribution in [3.63, 3.8) is 0 Å². The Morgan fingerprint density at radius 3 is 2.56 bits per heavy atom. The number of nitrogens with zero attached hydrogens (tertiary/aromatic N) is 2. The Morgan fingerprint density at radius 2 is 2.06 bits per heavy atom. The van der Waals surface area contributed by atoms with Gasteiger partial charge in [0, 0.05) is 6.04 Å². The second-order valence-electron chi connectivity index (χ2n) is 3.95. The van der Waals surface area contributed by atoms with Gasteiger partial charge in [-0.3, -0.25) is 0 Å². The summed E-state index contributed by atoms with van der Waals surface area (Å²) < 4.78 is 0. The molecule has 1 aromatic heterocycles. The second-order valence-corrected chi connectivity index (χ2v) is 4.39. The number of aromatic nitrogens is 2. The number of thiocarbonyl (C=S) groups is 1. The highest BCUT2D eigenvalue weighted by Crippen LogP contribution is 2.19. The van der Waals surface area contributed by atoms with Crippen LogP contribution in [0.4, 0.5) is 5.82 Å². The van der Waals surface area contributed by atoms with Gasteiger partial charge in [-0.2, -0.15) is 5.10 Å². The standard InChI is InChI=1S/C11H18N4S/c1-5-6(2)13-11-9(10(12)16)7(3)8(4)14-15-11/h6H,5H2,1-4H3,(H2,12,16)(H,13,15). The summed E-state index contributed by atoms with van der Waals surface area (Å²) >= 11 is 5.06. The van der Waals surface area contributed by atoms with E-state index < -0.39 is 0 Å². The molecule has 5 heteroatoms. The molecule has 4 nitrogen and oxygen atoms in total. The molecule has 0 spiro atoms. The third kappa shape index (κ3) is 2.66. The molecule has 88 valence electrons. The maximum Gasteiger partial charge on any atom is 0.159 e. The van der Waals surface area contributed by atoms with Crippen LogP contribution in [-0.4, -0.2) is 21.2 Å². The van der Waals surface area contributed by atoms with E-state index in [1.165, 1.54) is 0 Å². The predicted octanol–water partition coefficient (Wildman–Crippen LogP) is 1.94. The Labute approximate surface area is 102 Å². The fourth-order valence-corrected chi connectivity index (χ4v) is 1.60. The first-order valence-electron chi connectivity index (χ1n) is 5.37. The average Bonchev–Trinajstić information content (AvgIpc) is 2.23. The van der Waals surface area contributed by atoms with Crippen molar-refractivity contribution >= 4 is 23.0 Å². The highest BCUT2D eigenvalue weighted by atomic mass is 32.1. The summed E-state index contributed by atoms with van der Waals surface area (Å²) in [6.07, 6.45) is 1.01. The van der Waals surface area contributed by atoms with Crippen molar-refractivity contribution in [2.45, 2.75) is 40.2 Å². The minimum atomic E-state index is 0.324. The lowest BCUT2D eigenvalue weighted by Crippen LogP contribution is -2.22. The van der Waals surface area contributed by atoms with Crippen LogP contribution >= 0.6 is 12.2 Å². The Balaban J connectivity index is 3.18. The van der Waals surface area contributed by atoms with E-state index in [4.69, 9.17) is 18.0 Å². The Hall–Kier alpha value is -1.23. The van der Waals surface area contributed by atoms with Gasteiger partial charge in [0.05, 0.1) is 11.3 Å². The van der Waals surface area contributed by atoms with Gasteiger partial charge in [-0.05, 0) is 32.8 Å². The first-order chi connectivity index (χ1) is 7.47. The van der Waals surface area contributed by atoms with Crippen molar-refractivity contribution in [1.29, 1.82) is 0 Å². The molecule has 1 heterocycles. The van der Waals surface area contributed by atoms with E-state index in [1.807, 2.05) is 13.8 Å². The summed E-state index contributed by atoms with van der Waals surface area (Å²) in [5.41, 5.74) is 8.39. The zero-order valence-electron chi connectivity index (χ0n) is 10.2. The van der Waals surface area contributed by atoms with Gasteiger partial charge in [-0.15, -0.1) is 5.10 Å². The molecule has 0 saturated carbocycles. The summed E-state index contributed by atoms with van der Waals surface area (Å²) in [6.45, 7) is 8.05. The largest absolute Gasteiger partial charge is 0.389 e. The van der Waals surface area contributed by atoms with Crippen molar-refractivity contribution in [3.8, 4) is 0 Å². The molecule has 16 heavy (non-hydrogen) atoms. The van der Waals surface area contributed by atoms with E-state index in [1.54, 1.807) is 0 Å². The number of hydrogen-bond donors (Lipinski definition) is 2. The van der Waals surface area contributed by atoms with Crippen LogP contribution in [0.15, 0.2) is 0 Å². The fraction of sp³-hybridized carbons (Fsp3) is 0.545. The number of anilines is 1. The molecule has 3 N–H and O–H groups in total. The maximum atomic E-state index is 5.73. The van der Waals surface area contributed by atoms with Crippen LogP contribution in [-0.2, 0) is 0 Å². The maximum absolute atomic E-state index is 5.73. The van der Waals surface area contributed by atoms with Crippen LogP contribution in [0.3, 0.4) is 0 Å². The number of aryl methyl sites for hydroxylation is 1. The minimum Gasteiger partial charge on any atom is -0.389 e. The van der Waals surface area contributed by atoms with E-state index in [9.17, 15) is 0 Å². The van der Waals surface area contributed by atoms with Gasteiger partial charge in [0.2, 0.25) is 0 Å². The van der Waals surface area contributed by atoms with Crippen molar-refractivity contribution in [1.82, 2.24) is 10.2 Å². The van der Waals surface area contributed by atoms with Crippen molar-refractivity contribution < 1.29 is 0 Å². The molecule has 0 radical (unpaired) electrons. The third-order valence-electron chi connectivity index (χ3n) is 2.70. The van der Waals surface area contributed by atoms with Crippen LogP contribution in [0.25, 0.3) is 0 Å². The van der Waals surface area contributed by atoms with E-state index >= 15 is 0 Å². The normalized spacial score (nSPS) is 12.2. The summed E-state index contributed by atoms with van der Waals surface area (Å²) in [5, 5.41) is 11.5. The smallest absolute Gasteiger partial charge is 0.159 e. The Morgan fingerprint density at radius 1 is 1.44 bits per heavy atom. The lowest BCUT2D eigenvalue weighted by molar-refractivity contribution is 0.752. The SMILES string of the molecule is CCC(C)Nc1nnc(C)c(C)c1C(N)=S. The van der Waals surface area contributed by atoms with Gasteiger partial charge in [-0.1, -0.05) is 19.1 Å². The van der Waals surface area contributed by atoms with Gasteiger partial charge >= 0.3 is 0 Å². The Kier molecular flexibility index (Phi) is 4.18. The highest BCUT2D eigenvalue weighted by Gasteiger charge is 2.14. The van der Waals surface area contributed by atoms with Crippen LogP contribution in [0.1, 0.15) is 37.1 Å². The summed E-state index contributed by atoms with van der Waals surface area (Å²) in [6, 6.07) is 0.324. The molecule has 1 rings (SSSR count).